The lowest BCUT2D eigenvalue weighted by Crippen LogP contribution is -2.43. The number of carbonyl (C=O) groups excluding carboxylic acids is 1. The summed E-state index contributed by atoms with van der Waals surface area (Å²) in [6.07, 6.45) is 0.692. The Kier molecular flexibility index (Phi) is 6.15. The highest BCUT2D eigenvalue weighted by molar-refractivity contribution is 5.80. The third-order valence-electron chi connectivity index (χ3n) is 2.17. The molecule has 18 heavy (non-hydrogen) atoms. The number of nitrogens with zero attached hydrogens (tertiary/aromatic N) is 1. The van der Waals surface area contributed by atoms with Crippen molar-refractivity contribution in [2.45, 2.75) is 45.3 Å². The SMILES string of the molecule is CC(C)(C)OC(=O)N1CCCC1C(=O)O.O=CO. The average Bonchev–Trinajstić information content (AvgIpc) is 2.63. The van der Waals surface area contributed by atoms with E-state index in [1.165, 1.54) is 4.90 Å². The van der Waals surface area contributed by atoms with E-state index in [4.69, 9.17) is 19.7 Å². The zero-order valence-electron chi connectivity index (χ0n) is 10.8. The molecular formula is C11H19NO6. The van der Waals surface area contributed by atoms with Gasteiger partial charge in [-0.15, -0.1) is 0 Å². The van der Waals surface area contributed by atoms with Gasteiger partial charge in [-0.2, -0.15) is 0 Å². The Hall–Kier alpha value is -1.79. The van der Waals surface area contributed by atoms with E-state index in [-0.39, 0.29) is 6.47 Å². The standard InChI is InChI=1S/C10H17NO4.CH2O2/c1-10(2,3)15-9(14)11-6-4-5-7(11)8(12)13;2-1-3/h7H,4-6H2,1-3H3,(H,12,13);1H,(H,2,3). The Labute approximate surface area is 105 Å². The number of amides is 1. The summed E-state index contributed by atoms with van der Waals surface area (Å²) in [4.78, 5) is 32.1. The number of carbonyl (C=O) groups is 3. The molecule has 104 valence electrons. The fraction of sp³-hybridized carbons (Fsp3) is 0.727. The highest BCUT2D eigenvalue weighted by atomic mass is 16.6. The minimum Gasteiger partial charge on any atom is -0.483 e. The molecule has 1 heterocycles. The summed E-state index contributed by atoms with van der Waals surface area (Å²) in [7, 11) is 0. The molecule has 0 saturated carbocycles. The van der Waals surface area contributed by atoms with Gasteiger partial charge in [0.25, 0.3) is 6.47 Å². The quantitative estimate of drug-likeness (QED) is 0.686. The van der Waals surface area contributed by atoms with Crippen LogP contribution in [0.1, 0.15) is 33.6 Å². The number of rotatable bonds is 1. The Morgan fingerprint density at radius 3 is 2.28 bits per heavy atom. The van der Waals surface area contributed by atoms with Gasteiger partial charge in [-0.3, -0.25) is 9.69 Å². The minimum absolute atomic E-state index is 0.250. The lowest BCUT2D eigenvalue weighted by molar-refractivity contribution is -0.142. The van der Waals surface area contributed by atoms with Crippen LogP contribution in [-0.2, 0) is 14.3 Å². The molecule has 1 atom stereocenters. The summed E-state index contributed by atoms with van der Waals surface area (Å²) in [5, 5.41) is 15.8. The highest BCUT2D eigenvalue weighted by Gasteiger charge is 2.36. The average molecular weight is 261 g/mol. The molecule has 0 bridgehead atoms. The molecule has 1 amide bonds. The summed E-state index contributed by atoms with van der Waals surface area (Å²) >= 11 is 0. The van der Waals surface area contributed by atoms with E-state index in [9.17, 15) is 9.59 Å². The van der Waals surface area contributed by atoms with Gasteiger partial charge in [-0.25, -0.2) is 9.59 Å². The molecule has 1 saturated heterocycles. The van der Waals surface area contributed by atoms with Crippen LogP contribution < -0.4 is 0 Å². The maximum absolute atomic E-state index is 11.6. The normalized spacial score (nSPS) is 18.6. The Morgan fingerprint density at radius 2 is 1.89 bits per heavy atom. The van der Waals surface area contributed by atoms with Crippen molar-refractivity contribution in [3.05, 3.63) is 0 Å². The molecule has 1 unspecified atom stereocenters. The Bertz CT molecular complexity index is 309. The number of carboxylic acids is 1. The lowest BCUT2D eigenvalue weighted by atomic mass is 10.2. The van der Waals surface area contributed by atoms with Crippen LogP contribution in [-0.4, -0.2) is 51.8 Å². The third-order valence-corrected chi connectivity index (χ3v) is 2.17. The first kappa shape index (κ1) is 16.2. The first-order valence-corrected chi connectivity index (χ1v) is 5.53. The molecule has 2 N–H and O–H groups in total. The molecule has 1 fully saturated rings. The van der Waals surface area contributed by atoms with Gasteiger partial charge < -0.3 is 14.9 Å². The highest BCUT2D eigenvalue weighted by Crippen LogP contribution is 2.20. The van der Waals surface area contributed by atoms with Crippen LogP contribution in [0.3, 0.4) is 0 Å². The van der Waals surface area contributed by atoms with Gasteiger partial charge in [-0.1, -0.05) is 0 Å². The molecule has 0 aromatic carbocycles. The lowest BCUT2D eigenvalue weighted by Gasteiger charge is -2.26. The van der Waals surface area contributed by atoms with Crippen molar-refractivity contribution in [3.8, 4) is 0 Å². The van der Waals surface area contributed by atoms with Gasteiger partial charge in [0.15, 0.2) is 0 Å². The van der Waals surface area contributed by atoms with Gasteiger partial charge in [0.05, 0.1) is 0 Å². The number of hydrogen-bond donors (Lipinski definition) is 2. The minimum atomic E-state index is -0.960. The van der Waals surface area contributed by atoms with Crippen molar-refractivity contribution in [3.63, 3.8) is 0 Å². The molecule has 0 aromatic rings. The van der Waals surface area contributed by atoms with Gasteiger partial charge in [-0.05, 0) is 33.6 Å². The summed E-state index contributed by atoms with van der Waals surface area (Å²) in [5.41, 5.74) is -0.581. The number of hydrogen-bond acceptors (Lipinski definition) is 4. The molecule has 0 radical (unpaired) electrons. The van der Waals surface area contributed by atoms with E-state index in [2.05, 4.69) is 0 Å². The van der Waals surface area contributed by atoms with Crippen LogP contribution in [0, 0.1) is 0 Å². The predicted molar refractivity (Wildman–Crippen MR) is 62.3 cm³/mol. The number of ether oxygens (including phenoxy) is 1. The molecule has 7 nitrogen and oxygen atoms in total. The summed E-state index contributed by atoms with van der Waals surface area (Å²) in [5.74, 6) is -0.960. The summed E-state index contributed by atoms with van der Waals surface area (Å²) < 4.78 is 5.13. The van der Waals surface area contributed by atoms with Crippen LogP contribution in [0.25, 0.3) is 0 Å². The van der Waals surface area contributed by atoms with E-state index in [0.717, 1.165) is 6.42 Å². The van der Waals surface area contributed by atoms with Crippen LogP contribution in [0.2, 0.25) is 0 Å². The molecule has 1 aliphatic rings. The van der Waals surface area contributed by atoms with E-state index >= 15 is 0 Å². The molecular weight excluding hydrogens is 242 g/mol. The predicted octanol–water partition coefficient (Wildman–Crippen LogP) is 1.17. The van der Waals surface area contributed by atoms with Crippen molar-refractivity contribution in [2.75, 3.05) is 6.54 Å². The first-order chi connectivity index (χ1) is 8.22. The van der Waals surface area contributed by atoms with Gasteiger partial charge in [0.2, 0.25) is 0 Å². The Balaban J connectivity index is 0.000000873. The van der Waals surface area contributed by atoms with E-state index in [1.807, 2.05) is 0 Å². The van der Waals surface area contributed by atoms with E-state index in [1.54, 1.807) is 20.8 Å². The van der Waals surface area contributed by atoms with E-state index in [0.29, 0.717) is 13.0 Å². The number of aliphatic carboxylic acids is 1. The van der Waals surface area contributed by atoms with Gasteiger partial charge in [0, 0.05) is 6.54 Å². The summed E-state index contributed by atoms with van der Waals surface area (Å²) in [6.45, 7) is 5.50. The maximum Gasteiger partial charge on any atom is 0.411 e. The van der Waals surface area contributed by atoms with Gasteiger partial charge >= 0.3 is 12.1 Å². The maximum atomic E-state index is 11.6. The first-order valence-electron chi connectivity index (χ1n) is 5.53. The molecule has 0 aliphatic carbocycles. The zero-order chi connectivity index (χ0) is 14.3. The molecule has 1 rings (SSSR count). The van der Waals surface area contributed by atoms with Crippen LogP contribution in [0.15, 0.2) is 0 Å². The zero-order valence-corrected chi connectivity index (χ0v) is 10.8. The fourth-order valence-electron chi connectivity index (χ4n) is 1.56. The fourth-order valence-corrected chi connectivity index (χ4v) is 1.56. The monoisotopic (exact) mass is 261 g/mol. The van der Waals surface area contributed by atoms with Crippen LogP contribution in [0.4, 0.5) is 4.79 Å². The second kappa shape index (κ2) is 6.83. The number of carboxylic acid groups (broad SMARTS) is 2. The van der Waals surface area contributed by atoms with E-state index < -0.39 is 23.7 Å². The van der Waals surface area contributed by atoms with Crippen molar-refractivity contribution in [1.82, 2.24) is 4.90 Å². The smallest absolute Gasteiger partial charge is 0.411 e. The second-order valence-electron chi connectivity index (χ2n) is 4.78. The summed E-state index contributed by atoms with van der Waals surface area (Å²) in [6, 6.07) is -0.722. The van der Waals surface area contributed by atoms with Crippen LogP contribution >= 0.6 is 0 Å². The second-order valence-corrected chi connectivity index (χ2v) is 4.78. The van der Waals surface area contributed by atoms with Crippen molar-refractivity contribution < 1.29 is 29.3 Å². The van der Waals surface area contributed by atoms with Crippen LogP contribution in [0.5, 0.6) is 0 Å². The molecule has 7 heteroatoms. The molecule has 0 aromatic heterocycles. The van der Waals surface area contributed by atoms with Crippen molar-refractivity contribution >= 4 is 18.5 Å². The largest absolute Gasteiger partial charge is 0.483 e. The third kappa shape index (κ3) is 5.51. The van der Waals surface area contributed by atoms with Crippen molar-refractivity contribution in [1.29, 1.82) is 0 Å². The molecule has 0 spiro atoms. The number of likely N-dealkylation sites (tertiary alicyclic amines) is 1. The molecule has 1 aliphatic heterocycles. The van der Waals surface area contributed by atoms with Gasteiger partial charge in [0.1, 0.15) is 11.6 Å². The topological polar surface area (TPSA) is 104 Å². The Morgan fingerprint density at radius 1 is 1.39 bits per heavy atom. The van der Waals surface area contributed by atoms with Crippen molar-refractivity contribution in [2.24, 2.45) is 0 Å².